The van der Waals surface area contributed by atoms with Crippen molar-refractivity contribution in [1.82, 2.24) is 9.97 Å². The van der Waals surface area contributed by atoms with E-state index in [9.17, 15) is 0 Å². The Hall–Kier alpha value is -2.36. The van der Waals surface area contributed by atoms with Crippen LogP contribution in [0.5, 0.6) is 0 Å². The van der Waals surface area contributed by atoms with E-state index < -0.39 is 0 Å². The predicted molar refractivity (Wildman–Crippen MR) is 74.5 cm³/mol. The first kappa shape index (κ1) is 12.1. The molecule has 1 heterocycles. The summed E-state index contributed by atoms with van der Waals surface area (Å²) in [4.78, 5) is 8.52. The Morgan fingerprint density at radius 3 is 2.72 bits per heavy atom. The summed E-state index contributed by atoms with van der Waals surface area (Å²) < 4.78 is 0. The van der Waals surface area contributed by atoms with Gasteiger partial charge in [0.25, 0.3) is 0 Å². The fraction of sp³-hybridized carbons (Fsp3) is 0.143. The van der Waals surface area contributed by atoms with Crippen molar-refractivity contribution in [2.75, 3.05) is 17.2 Å². The van der Waals surface area contributed by atoms with Crippen LogP contribution in [0.2, 0.25) is 0 Å². The quantitative estimate of drug-likeness (QED) is 0.762. The lowest BCUT2D eigenvalue weighted by molar-refractivity contribution is 1.05. The number of rotatable bonds is 6. The number of nitrogens with one attached hydrogen (secondary N) is 2. The van der Waals surface area contributed by atoms with Crippen LogP contribution in [0, 0.1) is 0 Å². The van der Waals surface area contributed by atoms with Crippen LogP contribution < -0.4 is 10.6 Å². The van der Waals surface area contributed by atoms with Gasteiger partial charge in [0.2, 0.25) is 5.95 Å². The fourth-order valence-electron chi connectivity index (χ4n) is 1.50. The molecule has 0 amide bonds. The lowest BCUT2D eigenvalue weighted by Gasteiger charge is -2.07. The average Bonchev–Trinajstić information content (AvgIpc) is 2.44. The number of aromatic nitrogens is 2. The summed E-state index contributed by atoms with van der Waals surface area (Å²) in [6.45, 7) is 5.06. The second-order valence-corrected chi connectivity index (χ2v) is 3.77. The predicted octanol–water partition coefficient (Wildman–Crippen LogP) is 2.69. The molecule has 0 saturated heterocycles. The normalized spacial score (nSPS) is 9.78. The molecule has 0 aliphatic rings. The van der Waals surface area contributed by atoms with E-state index in [1.807, 2.05) is 24.3 Å². The Morgan fingerprint density at radius 2 is 1.94 bits per heavy atom. The minimum Gasteiger partial charge on any atom is -0.366 e. The summed E-state index contributed by atoms with van der Waals surface area (Å²) in [5, 5.41) is 6.31. The van der Waals surface area contributed by atoms with Crippen LogP contribution in [0.25, 0.3) is 0 Å². The van der Waals surface area contributed by atoms with Gasteiger partial charge in [-0.25, -0.2) is 4.98 Å². The number of nitrogens with zero attached hydrogens (tertiary/aromatic N) is 2. The number of anilines is 2. The van der Waals surface area contributed by atoms with Crippen LogP contribution in [0.1, 0.15) is 5.56 Å². The van der Waals surface area contributed by atoms with E-state index in [1.165, 1.54) is 5.56 Å². The summed E-state index contributed by atoms with van der Waals surface area (Å²) in [5.41, 5.74) is 1.20. The molecule has 0 fully saturated rings. The average molecular weight is 240 g/mol. The number of benzene rings is 1. The molecule has 0 bridgehead atoms. The van der Waals surface area contributed by atoms with Crippen molar-refractivity contribution >= 4 is 11.8 Å². The standard InChI is InChI=1S/C14H16N4/c1-2-9-15-13-8-10-16-14(18-13)17-11-12-6-4-3-5-7-12/h2-8,10H,1,9,11H2,(H2,15,16,17,18). The molecule has 2 N–H and O–H groups in total. The molecule has 0 aliphatic heterocycles. The van der Waals surface area contributed by atoms with Gasteiger partial charge >= 0.3 is 0 Å². The largest absolute Gasteiger partial charge is 0.366 e. The number of hydrogen-bond donors (Lipinski definition) is 2. The molecule has 0 unspecified atom stereocenters. The zero-order chi connectivity index (χ0) is 12.6. The topological polar surface area (TPSA) is 49.8 Å². The summed E-state index contributed by atoms with van der Waals surface area (Å²) >= 11 is 0. The maximum Gasteiger partial charge on any atom is 0.224 e. The molecule has 2 rings (SSSR count). The van der Waals surface area contributed by atoms with Crippen molar-refractivity contribution in [2.24, 2.45) is 0 Å². The van der Waals surface area contributed by atoms with Crippen molar-refractivity contribution in [2.45, 2.75) is 6.54 Å². The van der Waals surface area contributed by atoms with Crippen LogP contribution in [0.15, 0.2) is 55.3 Å². The van der Waals surface area contributed by atoms with E-state index in [4.69, 9.17) is 0 Å². The van der Waals surface area contributed by atoms with Gasteiger partial charge in [-0.3, -0.25) is 0 Å². The highest BCUT2D eigenvalue weighted by molar-refractivity contribution is 5.40. The van der Waals surface area contributed by atoms with E-state index in [1.54, 1.807) is 12.3 Å². The van der Waals surface area contributed by atoms with E-state index >= 15 is 0 Å². The van der Waals surface area contributed by atoms with Gasteiger partial charge in [0, 0.05) is 19.3 Å². The third-order valence-electron chi connectivity index (χ3n) is 2.38. The third-order valence-corrected chi connectivity index (χ3v) is 2.38. The van der Waals surface area contributed by atoms with Crippen molar-refractivity contribution in [3.8, 4) is 0 Å². The Morgan fingerprint density at radius 1 is 1.11 bits per heavy atom. The highest BCUT2D eigenvalue weighted by Crippen LogP contribution is 2.07. The lowest BCUT2D eigenvalue weighted by atomic mass is 10.2. The summed E-state index contributed by atoms with van der Waals surface area (Å²) in [6.07, 6.45) is 3.52. The van der Waals surface area contributed by atoms with Crippen LogP contribution in [0.4, 0.5) is 11.8 Å². The highest BCUT2D eigenvalue weighted by atomic mass is 15.1. The van der Waals surface area contributed by atoms with E-state index in [0.29, 0.717) is 19.0 Å². The molecule has 1 aromatic carbocycles. The summed E-state index contributed by atoms with van der Waals surface area (Å²) in [6, 6.07) is 12.0. The fourth-order valence-corrected chi connectivity index (χ4v) is 1.50. The van der Waals surface area contributed by atoms with Crippen LogP contribution in [0.3, 0.4) is 0 Å². The SMILES string of the molecule is C=CCNc1ccnc(NCc2ccccc2)n1. The zero-order valence-corrected chi connectivity index (χ0v) is 10.1. The lowest BCUT2D eigenvalue weighted by Crippen LogP contribution is -2.06. The summed E-state index contributed by atoms with van der Waals surface area (Å²) in [5.74, 6) is 1.41. The molecule has 1 aromatic heterocycles. The molecule has 0 atom stereocenters. The van der Waals surface area contributed by atoms with Gasteiger partial charge < -0.3 is 10.6 Å². The Labute approximate surface area is 107 Å². The van der Waals surface area contributed by atoms with E-state index in [-0.39, 0.29) is 0 Å². The third kappa shape index (κ3) is 3.59. The van der Waals surface area contributed by atoms with Gasteiger partial charge in [0.05, 0.1) is 0 Å². The van der Waals surface area contributed by atoms with Crippen molar-refractivity contribution in [1.29, 1.82) is 0 Å². The highest BCUT2D eigenvalue weighted by Gasteiger charge is 1.98. The Kier molecular flexibility index (Phi) is 4.30. The van der Waals surface area contributed by atoms with E-state index in [0.717, 1.165) is 5.82 Å². The molecule has 0 saturated carbocycles. The van der Waals surface area contributed by atoms with Crippen LogP contribution >= 0.6 is 0 Å². The van der Waals surface area contributed by atoms with Crippen molar-refractivity contribution < 1.29 is 0 Å². The van der Waals surface area contributed by atoms with Gasteiger partial charge in [-0.05, 0) is 11.6 Å². The second kappa shape index (κ2) is 6.39. The molecule has 4 nitrogen and oxygen atoms in total. The van der Waals surface area contributed by atoms with Gasteiger partial charge in [-0.15, -0.1) is 6.58 Å². The van der Waals surface area contributed by atoms with Gasteiger partial charge in [-0.1, -0.05) is 36.4 Å². The van der Waals surface area contributed by atoms with Gasteiger partial charge in [0.1, 0.15) is 5.82 Å². The van der Waals surface area contributed by atoms with Crippen molar-refractivity contribution in [3.63, 3.8) is 0 Å². The molecular formula is C14H16N4. The minimum atomic E-state index is 0.618. The van der Waals surface area contributed by atoms with Crippen LogP contribution in [-0.4, -0.2) is 16.5 Å². The van der Waals surface area contributed by atoms with Crippen molar-refractivity contribution in [3.05, 3.63) is 60.8 Å². The Balaban J connectivity index is 1.95. The first-order valence-electron chi connectivity index (χ1n) is 5.84. The minimum absolute atomic E-state index is 0.618. The van der Waals surface area contributed by atoms with Gasteiger partial charge in [-0.2, -0.15) is 4.98 Å². The molecule has 4 heteroatoms. The zero-order valence-electron chi connectivity index (χ0n) is 10.1. The first-order valence-corrected chi connectivity index (χ1v) is 5.84. The Bertz CT molecular complexity index is 496. The monoisotopic (exact) mass is 240 g/mol. The molecule has 0 radical (unpaired) electrons. The first-order chi connectivity index (χ1) is 8.88. The molecule has 0 spiro atoms. The van der Waals surface area contributed by atoms with Crippen LogP contribution in [-0.2, 0) is 6.54 Å². The smallest absolute Gasteiger partial charge is 0.224 e. The molecule has 2 aromatic rings. The summed E-state index contributed by atoms with van der Waals surface area (Å²) in [7, 11) is 0. The van der Waals surface area contributed by atoms with E-state index in [2.05, 4.69) is 39.3 Å². The number of hydrogen-bond acceptors (Lipinski definition) is 4. The second-order valence-electron chi connectivity index (χ2n) is 3.77. The molecular weight excluding hydrogens is 224 g/mol. The molecule has 92 valence electrons. The molecule has 0 aliphatic carbocycles. The maximum absolute atomic E-state index is 4.34. The molecule has 18 heavy (non-hydrogen) atoms. The van der Waals surface area contributed by atoms with Gasteiger partial charge in [0.15, 0.2) is 0 Å². The maximum atomic E-state index is 4.34.